The molecule has 0 amide bonds. The lowest BCUT2D eigenvalue weighted by atomic mass is 10.2. The molecule has 1 aromatic carbocycles. The maximum Gasteiger partial charge on any atom is 0.110 e. The highest BCUT2D eigenvalue weighted by atomic mass is 32.1. The van der Waals surface area contributed by atoms with Crippen LogP contribution in [0.1, 0.15) is 4.88 Å². The van der Waals surface area contributed by atoms with Crippen LogP contribution in [0.25, 0.3) is 10.1 Å². The molecule has 1 aromatic heterocycles. The van der Waals surface area contributed by atoms with Crippen molar-refractivity contribution in [2.24, 2.45) is 0 Å². The molecule has 11 heavy (non-hydrogen) atoms. The summed E-state index contributed by atoms with van der Waals surface area (Å²) in [4.78, 5) is 0.764. The number of nitrogens with zero attached hydrogens (tertiary/aromatic N) is 1. The van der Waals surface area contributed by atoms with Gasteiger partial charge in [0.2, 0.25) is 0 Å². The average Bonchev–Trinajstić information content (AvgIpc) is 2.46. The molecule has 0 aliphatic heterocycles. The highest BCUT2D eigenvalue weighted by Gasteiger charge is 1.97. The minimum atomic E-state index is 0.764. The van der Waals surface area contributed by atoms with E-state index in [9.17, 15) is 0 Å². The molecule has 2 heteroatoms. The molecule has 0 bridgehead atoms. The quantitative estimate of drug-likeness (QED) is 0.578. The number of thiophene rings is 1. The van der Waals surface area contributed by atoms with Crippen molar-refractivity contribution in [3.05, 3.63) is 35.2 Å². The molecule has 51 valence electrons. The molecule has 0 aliphatic rings. The molecular weight excluding hydrogens is 154 g/mol. The zero-order valence-electron chi connectivity index (χ0n) is 5.66. The van der Waals surface area contributed by atoms with Gasteiger partial charge in [-0.3, -0.25) is 0 Å². The smallest absolute Gasteiger partial charge is 0.110 e. The molecule has 1 radical (unpaired) electrons. The Morgan fingerprint density at radius 1 is 1.55 bits per heavy atom. The Morgan fingerprint density at radius 2 is 2.45 bits per heavy atom. The van der Waals surface area contributed by atoms with Gasteiger partial charge in [-0.15, -0.1) is 11.3 Å². The monoisotopic (exact) mass is 158 g/mol. The standard InChI is InChI=1S/C9H4NS/c10-6-8-5-7-3-1-2-4-9(7)11-8/h2-5H. The van der Waals surface area contributed by atoms with Crippen molar-refractivity contribution in [2.45, 2.75) is 0 Å². The van der Waals surface area contributed by atoms with Crippen molar-refractivity contribution in [2.75, 3.05) is 0 Å². The van der Waals surface area contributed by atoms with Gasteiger partial charge in [-0.25, -0.2) is 0 Å². The minimum absolute atomic E-state index is 0.764. The first-order valence-corrected chi connectivity index (χ1v) is 4.01. The number of benzene rings is 1. The number of hydrogen-bond donors (Lipinski definition) is 0. The van der Waals surface area contributed by atoms with E-state index in [1.165, 1.54) is 11.3 Å². The molecule has 0 unspecified atom stereocenters. The number of nitriles is 1. The van der Waals surface area contributed by atoms with E-state index in [0.29, 0.717) is 0 Å². The van der Waals surface area contributed by atoms with Crippen molar-refractivity contribution in [1.29, 1.82) is 5.26 Å². The lowest BCUT2D eigenvalue weighted by Crippen LogP contribution is -1.58. The Morgan fingerprint density at radius 3 is 3.18 bits per heavy atom. The van der Waals surface area contributed by atoms with Gasteiger partial charge in [0, 0.05) is 4.70 Å². The van der Waals surface area contributed by atoms with Crippen LogP contribution in [0.4, 0.5) is 0 Å². The van der Waals surface area contributed by atoms with E-state index < -0.39 is 0 Å². The second-order valence-electron chi connectivity index (χ2n) is 2.19. The molecule has 2 rings (SSSR count). The maximum absolute atomic E-state index is 8.59. The summed E-state index contributed by atoms with van der Waals surface area (Å²) >= 11 is 1.52. The minimum Gasteiger partial charge on any atom is -0.192 e. The molecular formula is C9H4NS. The van der Waals surface area contributed by atoms with Gasteiger partial charge in [0.25, 0.3) is 0 Å². The fraction of sp³-hybridized carbons (Fsp3) is 0. The van der Waals surface area contributed by atoms with Crippen molar-refractivity contribution in [1.82, 2.24) is 0 Å². The van der Waals surface area contributed by atoms with Gasteiger partial charge in [-0.05, 0) is 29.7 Å². The maximum atomic E-state index is 8.59. The van der Waals surface area contributed by atoms with Gasteiger partial charge < -0.3 is 0 Å². The largest absolute Gasteiger partial charge is 0.192 e. The van der Waals surface area contributed by atoms with Crippen LogP contribution in [0.15, 0.2) is 24.3 Å². The van der Waals surface area contributed by atoms with E-state index in [-0.39, 0.29) is 0 Å². The SMILES string of the molecule is N#Cc1cc2c[c]ccc2s1. The first kappa shape index (κ1) is 6.38. The molecule has 1 nitrogen and oxygen atoms in total. The second kappa shape index (κ2) is 2.37. The van der Waals surface area contributed by atoms with Gasteiger partial charge in [-0.1, -0.05) is 6.07 Å². The van der Waals surface area contributed by atoms with Crippen LogP contribution in [0.2, 0.25) is 0 Å². The Kier molecular flexibility index (Phi) is 1.38. The van der Waals surface area contributed by atoms with E-state index in [2.05, 4.69) is 12.1 Å². The van der Waals surface area contributed by atoms with E-state index in [1.807, 2.05) is 24.3 Å². The average molecular weight is 158 g/mol. The van der Waals surface area contributed by atoms with Gasteiger partial charge >= 0.3 is 0 Å². The third-order valence-electron chi connectivity index (χ3n) is 1.47. The molecule has 0 saturated heterocycles. The fourth-order valence-electron chi connectivity index (χ4n) is 0.979. The molecule has 0 aliphatic carbocycles. The predicted molar refractivity (Wildman–Crippen MR) is 45.4 cm³/mol. The Balaban J connectivity index is 2.81. The van der Waals surface area contributed by atoms with Crippen molar-refractivity contribution < 1.29 is 0 Å². The summed E-state index contributed by atoms with van der Waals surface area (Å²) < 4.78 is 1.15. The molecule has 0 saturated carbocycles. The van der Waals surface area contributed by atoms with Gasteiger partial charge in [-0.2, -0.15) is 5.26 Å². The van der Waals surface area contributed by atoms with E-state index in [4.69, 9.17) is 5.26 Å². The summed E-state index contributed by atoms with van der Waals surface area (Å²) in [6.07, 6.45) is 0. The van der Waals surface area contributed by atoms with Gasteiger partial charge in [0.1, 0.15) is 10.9 Å². The van der Waals surface area contributed by atoms with Crippen LogP contribution in [-0.4, -0.2) is 0 Å². The highest BCUT2D eigenvalue weighted by molar-refractivity contribution is 7.19. The van der Waals surface area contributed by atoms with Crippen molar-refractivity contribution >= 4 is 21.4 Å². The van der Waals surface area contributed by atoms with Crippen LogP contribution < -0.4 is 0 Å². The second-order valence-corrected chi connectivity index (χ2v) is 3.27. The van der Waals surface area contributed by atoms with Crippen LogP contribution in [-0.2, 0) is 0 Å². The number of rotatable bonds is 0. The third kappa shape index (κ3) is 0.997. The first-order chi connectivity index (χ1) is 5.40. The summed E-state index contributed by atoms with van der Waals surface area (Å²) in [6, 6.07) is 12.7. The summed E-state index contributed by atoms with van der Waals surface area (Å²) in [5, 5.41) is 9.69. The van der Waals surface area contributed by atoms with Crippen LogP contribution in [0, 0.1) is 17.4 Å². The normalized spacial score (nSPS) is 9.73. The van der Waals surface area contributed by atoms with E-state index in [1.54, 1.807) is 0 Å². The molecule has 0 N–H and O–H groups in total. The Bertz CT molecular complexity index is 389. The zero-order valence-corrected chi connectivity index (χ0v) is 6.48. The van der Waals surface area contributed by atoms with Crippen molar-refractivity contribution in [3.63, 3.8) is 0 Å². The van der Waals surface area contributed by atoms with Gasteiger partial charge in [0.15, 0.2) is 0 Å². The lowest BCUT2D eigenvalue weighted by Gasteiger charge is -1.81. The molecule has 0 atom stereocenters. The summed E-state index contributed by atoms with van der Waals surface area (Å²) in [5.74, 6) is 0. The Labute approximate surface area is 68.5 Å². The molecule has 1 heterocycles. The summed E-state index contributed by atoms with van der Waals surface area (Å²) in [6.45, 7) is 0. The Hall–Kier alpha value is -1.33. The van der Waals surface area contributed by atoms with E-state index in [0.717, 1.165) is 15.0 Å². The van der Waals surface area contributed by atoms with Gasteiger partial charge in [0.05, 0.1) is 0 Å². The first-order valence-electron chi connectivity index (χ1n) is 3.20. The molecule has 0 spiro atoms. The topological polar surface area (TPSA) is 23.8 Å². The number of fused-ring (bicyclic) bond motifs is 1. The summed E-state index contributed by atoms with van der Waals surface area (Å²) in [7, 11) is 0. The van der Waals surface area contributed by atoms with E-state index >= 15 is 0 Å². The predicted octanol–water partition coefficient (Wildman–Crippen LogP) is 2.57. The van der Waals surface area contributed by atoms with Crippen molar-refractivity contribution in [3.8, 4) is 6.07 Å². The number of hydrogen-bond acceptors (Lipinski definition) is 2. The zero-order chi connectivity index (χ0) is 7.68. The van der Waals surface area contributed by atoms with Crippen LogP contribution in [0.5, 0.6) is 0 Å². The van der Waals surface area contributed by atoms with Crippen LogP contribution in [0.3, 0.4) is 0 Å². The highest BCUT2D eigenvalue weighted by Crippen LogP contribution is 2.23. The fourth-order valence-corrected chi connectivity index (χ4v) is 1.82. The third-order valence-corrected chi connectivity index (χ3v) is 2.49. The molecule has 0 fully saturated rings. The lowest BCUT2D eigenvalue weighted by molar-refractivity contribution is 1.52. The summed E-state index contributed by atoms with van der Waals surface area (Å²) in [5.41, 5.74) is 0. The molecule has 2 aromatic rings. The van der Waals surface area contributed by atoms with Crippen LogP contribution >= 0.6 is 11.3 Å².